The maximum Gasteiger partial charge on any atom is 0.186 e. The van der Waals surface area contributed by atoms with Crippen LogP contribution >= 0.6 is 11.3 Å². The number of aliphatic hydroxyl groups excluding tert-OH is 1. The van der Waals surface area contributed by atoms with E-state index in [-0.39, 0.29) is 6.10 Å². The summed E-state index contributed by atoms with van der Waals surface area (Å²) in [5.74, 6) is 0. The minimum absolute atomic E-state index is 0.114. The van der Waals surface area contributed by atoms with Crippen LogP contribution in [0.15, 0.2) is 35.7 Å². The van der Waals surface area contributed by atoms with Gasteiger partial charge in [-0.2, -0.15) is 0 Å². The first kappa shape index (κ1) is 12.4. The number of aliphatic hydroxyl groups is 1. The fourth-order valence-electron chi connectivity index (χ4n) is 3.58. The quantitative estimate of drug-likeness (QED) is 0.920. The first-order chi connectivity index (χ1) is 9.81. The molecule has 1 aromatic heterocycles. The zero-order chi connectivity index (χ0) is 13.5. The fraction of sp³-hybridized carbons (Fsp3) is 0.438. The molecule has 3 nitrogen and oxygen atoms in total. The predicted octanol–water partition coefficient (Wildman–Crippen LogP) is 3.30. The molecular weight excluding hydrogens is 268 g/mol. The summed E-state index contributed by atoms with van der Waals surface area (Å²) >= 11 is 1.73. The zero-order valence-electron chi connectivity index (χ0n) is 11.3. The van der Waals surface area contributed by atoms with Gasteiger partial charge in [-0.05, 0) is 25.7 Å². The standard InChI is InChI=1S/C16H18N2OS/c19-14-8-12-6-7-13(9-14)18(12)16-17-15(10-20-16)11-4-2-1-3-5-11/h1-5,10,12-14,19H,6-9H2. The number of piperidine rings is 1. The van der Waals surface area contributed by atoms with Crippen molar-refractivity contribution in [2.45, 2.75) is 43.9 Å². The van der Waals surface area contributed by atoms with Gasteiger partial charge >= 0.3 is 0 Å². The Hall–Kier alpha value is -1.39. The number of thiazole rings is 1. The van der Waals surface area contributed by atoms with Crippen molar-refractivity contribution in [3.05, 3.63) is 35.7 Å². The average Bonchev–Trinajstić information content (AvgIpc) is 3.03. The van der Waals surface area contributed by atoms with Gasteiger partial charge in [0.2, 0.25) is 0 Å². The number of anilines is 1. The van der Waals surface area contributed by atoms with Crippen molar-refractivity contribution >= 4 is 16.5 Å². The highest BCUT2D eigenvalue weighted by atomic mass is 32.1. The molecule has 2 unspecified atom stereocenters. The predicted molar refractivity (Wildman–Crippen MR) is 82.1 cm³/mol. The summed E-state index contributed by atoms with van der Waals surface area (Å²) in [5.41, 5.74) is 2.25. The van der Waals surface area contributed by atoms with Crippen LogP contribution in [0, 0.1) is 0 Å². The number of benzene rings is 1. The Bertz CT molecular complexity index is 584. The van der Waals surface area contributed by atoms with Crippen LogP contribution in [0.25, 0.3) is 11.3 Å². The topological polar surface area (TPSA) is 36.4 Å². The second-order valence-electron chi connectivity index (χ2n) is 5.80. The molecule has 2 aromatic rings. The largest absolute Gasteiger partial charge is 0.393 e. The average molecular weight is 286 g/mol. The molecule has 0 amide bonds. The third-order valence-corrected chi connectivity index (χ3v) is 5.34. The summed E-state index contributed by atoms with van der Waals surface area (Å²) in [5, 5.41) is 13.2. The molecule has 0 aliphatic carbocycles. The lowest BCUT2D eigenvalue weighted by molar-refractivity contribution is 0.126. The molecule has 1 aromatic carbocycles. The number of nitrogens with zero attached hydrogens (tertiary/aromatic N) is 2. The molecule has 4 rings (SSSR count). The van der Waals surface area contributed by atoms with Gasteiger partial charge in [0, 0.05) is 23.0 Å². The van der Waals surface area contributed by atoms with Crippen molar-refractivity contribution in [1.82, 2.24) is 4.98 Å². The van der Waals surface area contributed by atoms with Crippen LogP contribution in [-0.4, -0.2) is 28.3 Å². The third-order valence-electron chi connectivity index (χ3n) is 4.49. The van der Waals surface area contributed by atoms with E-state index in [1.807, 2.05) is 6.07 Å². The Balaban J connectivity index is 1.63. The summed E-state index contributed by atoms with van der Waals surface area (Å²) in [4.78, 5) is 7.29. The molecule has 2 bridgehead atoms. The lowest BCUT2D eigenvalue weighted by Gasteiger charge is -2.37. The summed E-state index contributed by atoms with van der Waals surface area (Å²) in [6.45, 7) is 0. The minimum atomic E-state index is -0.114. The molecule has 2 fully saturated rings. The summed E-state index contributed by atoms with van der Waals surface area (Å²) < 4.78 is 0. The number of rotatable bonds is 2. The molecule has 0 spiro atoms. The molecule has 20 heavy (non-hydrogen) atoms. The van der Waals surface area contributed by atoms with Gasteiger partial charge in [-0.1, -0.05) is 30.3 Å². The van der Waals surface area contributed by atoms with E-state index in [1.54, 1.807) is 11.3 Å². The molecule has 1 N–H and O–H groups in total. The molecule has 2 aliphatic heterocycles. The van der Waals surface area contributed by atoms with Crippen LogP contribution in [-0.2, 0) is 0 Å². The molecule has 0 saturated carbocycles. The van der Waals surface area contributed by atoms with Gasteiger partial charge in [0.05, 0.1) is 11.8 Å². The van der Waals surface area contributed by atoms with Crippen molar-refractivity contribution in [3.8, 4) is 11.3 Å². The smallest absolute Gasteiger partial charge is 0.186 e. The van der Waals surface area contributed by atoms with E-state index in [9.17, 15) is 5.11 Å². The van der Waals surface area contributed by atoms with Gasteiger partial charge < -0.3 is 10.0 Å². The molecule has 3 heterocycles. The maximum absolute atomic E-state index is 9.89. The van der Waals surface area contributed by atoms with E-state index < -0.39 is 0 Å². The summed E-state index contributed by atoms with van der Waals surface area (Å²) in [6, 6.07) is 11.3. The molecule has 2 saturated heterocycles. The maximum atomic E-state index is 9.89. The van der Waals surface area contributed by atoms with E-state index in [1.165, 1.54) is 18.4 Å². The lowest BCUT2D eigenvalue weighted by Crippen LogP contribution is -2.44. The number of hydrogen-bond donors (Lipinski definition) is 1. The van der Waals surface area contributed by atoms with Crippen LogP contribution in [0.5, 0.6) is 0 Å². The molecule has 2 aliphatic rings. The SMILES string of the molecule is OC1CC2CCC(C1)N2c1nc(-c2ccccc2)cs1. The molecule has 2 atom stereocenters. The highest BCUT2D eigenvalue weighted by Crippen LogP contribution is 2.41. The highest BCUT2D eigenvalue weighted by molar-refractivity contribution is 7.14. The van der Waals surface area contributed by atoms with Gasteiger partial charge in [0.25, 0.3) is 0 Å². The second-order valence-corrected chi connectivity index (χ2v) is 6.64. The van der Waals surface area contributed by atoms with Crippen molar-refractivity contribution in [1.29, 1.82) is 0 Å². The third kappa shape index (κ3) is 2.03. The molecule has 4 heteroatoms. The first-order valence-corrected chi connectivity index (χ1v) is 8.16. The van der Waals surface area contributed by atoms with E-state index in [0.29, 0.717) is 12.1 Å². The minimum Gasteiger partial charge on any atom is -0.393 e. The van der Waals surface area contributed by atoms with Crippen LogP contribution in [0.3, 0.4) is 0 Å². The Kier molecular flexibility index (Phi) is 3.00. The van der Waals surface area contributed by atoms with Gasteiger partial charge in [-0.15, -0.1) is 11.3 Å². The van der Waals surface area contributed by atoms with Crippen LogP contribution in [0.2, 0.25) is 0 Å². The van der Waals surface area contributed by atoms with Crippen LogP contribution < -0.4 is 4.90 Å². The molecule has 104 valence electrons. The van der Waals surface area contributed by atoms with Crippen molar-refractivity contribution in [3.63, 3.8) is 0 Å². The van der Waals surface area contributed by atoms with E-state index in [2.05, 4.69) is 34.5 Å². The molecular formula is C16H18N2OS. The Morgan fingerprint density at radius 1 is 1.10 bits per heavy atom. The van der Waals surface area contributed by atoms with E-state index in [4.69, 9.17) is 4.98 Å². The van der Waals surface area contributed by atoms with E-state index >= 15 is 0 Å². The van der Waals surface area contributed by atoms with Gasteiger partial charge in [0.15, 0.2) is 5.13 Å². The Morgan fingerprint density at radius 3 is 2.50 bits per heavy atom. The van der Waals surface area contributed by atoms with Gasteiger partial charge in [0.1, 0.15) is 0 Å². The number of fused-ring (bicyclic) bond motifs is 2. The van der Waals surface area contributed by atoms with Gasteiger partial charge in [-0.25, -0.2) is 4.98 Å². The van der Waals surface area contributed by atoms with Crippen molar-refractivity contribution in [2.24, 2.45) is 0 Å². The van der Waals surface area contributed by atoms with Crippen molar-refractivity contribution < 1.29 is 5.11 Å². The molecule has 0 radical (unpaired) electrons. The van der Waals surface area contributed by atoms with Crippen LogP contribution in [0.4, 0.5) is 5.13 Å². The Morgan fingerprint density at radius 2 is 1.80 bits per heavy atom. The zero-order valence-corrected chi connectivity index (χ0v) is 12.1. The van der Waals surface area contributed by atoms with Crippen molar-refractivity contribution in [2.75, 3.05) is 4.90 Å². The fourth-order valence-corrected chi connectivity index (χ4v) is 4.56. The first-order valence-electron chi connectivity index (χ1n) is 7.28. The highest BCUT2D eigenvalue weighted by Gasteiger charge is 2.41. The summed E-state index contributed by atoms with van der Waals surface area (Å²) in [6.07, 6.45) is 4.08. The lowest BCUT2D eigenvalue weighted by atomic mass is 10.0. The summed E-state index contributed by atoms with van der Waals surface area (Å²) in [7, 11) is 0. The second kappa shape index (κ2) is 4.86. The Labute approximate surface area is 122 Å². The van der Waals surface area contributed by atoms with Crippen LogP contribution in [0.1, 0.15) is 25.7 Å². The number of aromatic nitrogens is 1. The normalized spacial score (nSPS) is 28.9. The van der Waals surface area contributed by atoms with E-state index in [0.717, 1.165) is 23.7 Å². The monoisotopic (exact) mass is 286 g/mol. The van der Waals surface area contributed by atoms with Gasteiger partial charge in [-0.3, -0.25) is 0 Å². The number of hydrogen-bond acceptors (Lipinski definition) is 4.